The molecule has 2 aromatic heterocycles. The Labute approximate surface area is 96.5 Å². The van der Waals surface area contributed by atoms with Crippen molar-refractivity contribution < 1.29 is 4.74 Å². The molecule has 0 spiro atoms. The SMILES string of the molecule is COc1c2ccsc2cc2c(N)ccnc12. The van der Waals surface area contributed by atoms with Crippen LogP contribution in [-0.4, -0.2) is 12.1 Å². The van der Waals surface area contributed by atoms with Gasteiger partial charge in [0.2, 0.25) is 0 Å². The van der Waals surface area contributed by atoms with Gasteiger partial charge in [-0.05, 0) is 23.6 Å². The molecule has 0 radical (unpaired) electrons. The molecule has 80 valence electrons. The number of nitrogen functional groups attached to an aromatic ring is 1. The standard InChI is InChI=1S/C12H10N2OS/c1-15-12-7-3-5-16-10(7)6-8-9(13)2-4-14-11(8)12/h2-6H,1H3,(H2,13,14). The quantitative estimate of drug-likeness (QED) is 0.699. The van der Waals surface area contributed by atoms with Crippen molar-refractivity contribution in [1.29, 1.82) is 0 Å². The topological polar surface area (TPSA) is 48.1 Å². The Kier molecular flexibility index (Phi) is 1.97. The molecule has 0 aliphatic carbocycles. The Balaban J connectivity index is 2.59. The number of rotatable bonds is 1. The van der Waals surface area contributed by atoms with Gasteiger partial charge in [0, 0.05) is 27.4 Å². The number of thiophene rings is 1. The van der Waals surface area contributed by atoms with E-state index in [9.17, 15) is 0 Å². The molecule has 3 aromatic rings. The van der Waals surface area contributed by atoms with Crippen LogP contribution < -0.4 is 10.5 Å². The van der Waals surface area contributed by atoms with E-state index < -0.39 is 0 Å². The first-order chi connectivity index (χ1) is 7.81. The van der Waals surface area contributed by atoms with Crippen LogP contribution in [-0.2, 0) is 0 Å². The molecule has 3 nitrogen and oxygen atoms in total. The lowest BCUT2D eigenvalue weighted by molar-refractivity contribution is 0.424. The van der Waals surface area contributed by atoms with E-state index in [2.05, 4.69) is 11.1 Å². The molecule has 0 saturated carbocycles. The van der Waals surface area contributed by atoms with E-state index in [1.165, 1.54) is 4.70 Å². The summed E-state index contributed by atoms with van der Waals surface area (Å²) in [6.07, 6.45) is 1.71. The maximum atomic E-state index is 5.95. The normalized spacial score (nSPS) is 11.1. The van der Waals surface area contributed by atoms with Gasteiger partial charge in [0.25, 0.3) is 0 Å². The minimum atomic E-state index is 0.735. The number of pyridine rings is 1. The van der Waals surface area contributed by atoms with Crippen molar-refractivity contribution in [2.75, 3.05) is 12.8 Å². The number of nitrogens with zero attached hydrogens (tertiary/aromatic N) is 1. The van der Waals surface area contributed by atoms with Gasteiger partial charge >= 0.3 is 0 Å². The van der Waals surface area contributed by atoms with Gasteiger partial charge in [-0.25, -0.2) is 0 Å². The lowest BCUT2D eigenvalue weighted by Gasteiger charge is -2.07. The van der Waals surface area contributed by atoms with Gasteiger partial charge in [-0.15, -0.1) is 11.3 Å². The summed E-state index contributed by atoms with van der Waals surface area (Å²) in [6.45, 7) is 0. The van der Waals surface area contributed by atoms with Crippen LogP contribution in [0.25, 0.3) is 21.0 Å². The van der Waals surface area contributed by atoms with Crippen LogP contribution >= 0.6 is 11.3 Å². The third-order valence-corrected chi connectivity index (χ3v) is 3.52. The van der Waals surface area contributed by atoms with Gasteiger partial charge in [-0.1, -0.05) is 0 Å². The summed E-state index contributed by atoms with van der Waals surface area (Å²) in [4.78, 5) is 4.34. The van der Waals surface area contributed by atoms with Gasteiger partial charge in [0.15, 0.2) is 5.75 Å². The first-order valence-corrected chi connectivity index (χ1v) is 5.77. The average Bonchev–Trinajstić information content (AvgIpc) is 2.75. The molecule has 1 aromatic carbocycles. The number of anilines is 1. The fourth-order valence-corrected chi connectivity index (χ4v) is 2.73. The number of methoxy groups -OCH3 is 1. The van der Waals surface area contributed by atoms with E-state index in [0.717, 1.165) is 27.7 Å². The third kappa shape index (κ3) is 1.17. The first-order valence-electron chi connectivity index (χ1n) is 4.89. The summed E-state index contributed by atoms with van der Waals surface area (Å²) in [5, 5.41) is 4.09. The number of aromatic nitrogens is 1. The second kappa shape index (κ2) is 3.35. The fourth-order valence-electron chi connectivity index (χ4n) is 1.91. The Morgan fingerprint density at radius 1 is 1.31 bits per heavy atom. The second-order valence-corrected chi connectivity index (χ2v) is 4.49. The molecule has 0 fully saturated rings. The molecule has 16 heavy (non-hydrogen) atoms. The van der Waals surface area contributed by atoms with Crippen molar-refractivity contribution in [3.63, 3.8) is 0 Å². The maximum Gasteiger partial charge on any atom is 0.153 e. The summed E-state index contributed by atoms with van der Waals surface area (Å²) in [7, 11) is 1.66. The number of fused-ring (bicyclic) bond motifs is 2. The highest BCUT2D eigenvalue weighted by Crippen LogP contribution is 2.37. The summed E-state index contributed by atoms with van der Waals surface area (Å²) in [5.41, 5.74) is 7.51. The van der Waals surface area contributed by atoms with Crippen LogP contribution in [0.15, 0.2) is 29.8 Å². The van der Waals surface area contributed by atoms with Crippen molar-refractivity contribution in [2.24, 2.45) is 0 Å². The predicted molar refractivity (Wildman–Crippen MR) is 68.1 cm³/mol. The van der Waals surface area contributed by atoms with Crippen molar-refractivity contribution in [3.05, 3.63) is 29.8 Å². The van der Waals surface area contributed by atoms with Gasteiger partial charge < -0.3 is 10.5 Å². The molecule has 0 unspecified atom stereocenters. The van der Waals surface area contributed by atoms with Crippen LogP contribution in [0.4, 0.5) is 5.69 Å². The van der Waals surface area contributed by atoms with Crippen molar-refractivity contribution in [3.8, 4) is 5.75 Å². The highest BCUT2D eigenvalue weighted by Gasteiger charge is 2.11. The monoisotopic (exact) mass is 230 g/mol. The Morgan fingerprint density at radius 3 is 3.00 bits per heavy atom. The number of hydrogen-bond donors (Lipinski definition) is 1. The van der Waals surface area contributed by atoms with Crippen LogP contribution in [0, 0.1) is 0 Å². The molecule has 0 saturated heterocycles. The maximum absolute atomic E-state index is 5.95. The molecule has 4 heteroatoms. The van der Waals surface area contributed by atoms with Crippen molar-refractivity contribution in [2.45, 2.75) is 0 Å². The van der Waals surface area contributed by atoms with Crippen LogP contribution in [0.2, 0.25) is 0 Å². The molecule has 3 rings (SSSR count). The van der Waals surface area contributed by atoms with Crippen molar-refractivity contribution >= 4 is 38.0 Å². The van der Waals surface area contributed by atoms with Gasteiger partial charge in [-0.3, -0.25) is 4.98 Å². The Bertz CT molecular complexity index is 675. The third-order valence-electron chi connectivity index (χ3n) is 2.66. The van der Waals surface area contributed by atoms with E-state index in [0.29, 0.717) is 0 Å². The van der Waals surface area contributed by atoms with Crippen LogP contribution in [0.5, 0.6) is 5.75 Å². The van der Waals surface area contributed by atoms with E-state index in [-0.39, 0.29) is 0 Å². The van der Waals surface area contributed by atoms with Crippen molar-refractivity contribution in [1.82, 2.24) is 4.98 Å². The molecule has 0 amide bonds. The molecule has 0 aliphatic rings. The van der Waals surface area contributed by atoms with E-state index >= 15 is 0 Å². The number of hydrogen-bond acceptors (Lipinski definition) is 4. The van der Waals surface area contributed by atoms with E-state index in [4.69, 9.17) is 10.5 Å². The summed E-state index contributed by atoms with van der Waals surface area (Å²) in [6, 6.07) is 5.92. The number of benzene rings is 1. The average molecular weight is 230 g/mol. The highest BCUT2D eigenvalue weighted by atomic mass is 32.1. The molecule has 0 atom stereocenters. The Hall–Kier alpha value is -1.81. The zero-order valence-corrected chi connectivity index (χ0v) is 9.54. The molecular formula is C12H10N2OS. The lowest BCUT2D eigenvalue weighted by atomic mass is 10.1. The van der Waals surface area contributed by atoms with Gasteiger partial charge in [-0.2, -0.15) is 0 Å². The number of nitrogens with two attached hydrogens (primary N) is 1. The first kappa shape index (κ1) is 9.42. The minimum Gasteiger partial charge on any atom is -0.494 e. The summed E-state index contributed by atoms with van der Waals surface area (Å²) >= 11 is 1.68. The van der Waals surface area contributed by atoms with E-state index in [1.54, 1.807) is 30.7 Å². The largest absolute Gasteiger partial charge is 0.494 e. The summed E-state index contributed by atoms with van der Waals surface area (Å²) < 4.78 is 6.61. The van der Waals surface area contributed by atoms with Gasteiger partial charge in [0.05, 0.1) is 7.11 Å². The predicted octanol–water partition coefficient (Wildman–Crippen LogP) is 3.04. The minimum absolute atomic E-state index is 0.735. The van der Waals surface area contributed by atoms with E-state index in [1.807, 2.05) is 11.4 Å². The highest BCUT2D eigenvalue weighted by molar-refractivity contribution is 7.17. The fraction of sp³-hybridized carbons (Fsp3) is 0.0833. The molecule has 2 N–H and O–H groups in total. The second-order valence-electron chi connectivity index (χ2n) is 3.54. The van der Waals surface area contributed by atoms with Gasteiger partial charge in [0.1, 0.15) is 5.52 Å². The number of ether oxygens (including phenoxy) is 1. The van der Waals surface area contributed by atoms with Crippen LogP contribution in [0.1, 0.15) is 0 Å². The van der Waals surface area contributed by atoms with Crippen LogP contribution in [0.3, 0.4) is 0 Å². The zero-order chi connectivity index (χ0) is 11.1. The molecule has 0 bridgehead atoms. The lowest BCUT2D eigenvalue weighted by Crippen LogP contribution is -1.92. The zero-order valence-electron chi connectivity index (χ0n) is 8.73. The molecule has 2 heterocycles. The molecule has 0 aliphatic heterocycles. The smallest absolute Gasteiger partial charge is 0.153 e. The Morgan fingerprint density at radius 2 is 2.19 bits per heavy atom. The summed E-state index contributed by atoms with van der Waals surface area (Å²) in [5.74, 6) is 0.807. The molecular weight excluding hydrogens is 220 g/mol.